The number of nitrogens with one attached hydrogen (secondary N) is 1. The van der Waals surface area contributed by atoms with E-state index >= 15 is 0 Å². The summed E-state index contributed by atoms with van der Waals surface area (Å²) in [6, 6.07) is 8.97. The lowest BCUT2D eigenvalue weighted by molar-refractivity contribution is -0.384. The highest BCUT2D eigenvalue weighted by Crippen LogP contribution is 2.35. The Balaban J connectivity index is 1.54. The Kier molecular flexibility index (Phi) is 6.35. The molecule has 1 aromatic heterocycles. The van der Waals surface area contributed by atoms with Crippen LogP contribution in [0.5, 0.6) is 11.5 Å². The number of non-ortho nitro benzene ring substituents is 1. The second-order valence-electron chi connectivity index (χ2n) is 8.17. The summed E-state index contributed by atoms with van der Waals surface area (Å²) in [6.07, 6.45) is 1.52. The lowest BCUT2D eigenvalue weighted by Gasteiger charge is -2.44. The number of rotatable bonds is 5. The van der Waals surface area contributed by atoms with Crippen molar-refractivity contribution in [1.29, 1.82) is 0 Å². The summed E-state index contributed by atoms with van der Waals surface area (Å²) in [7, 11) is 3.16. The summed E-state index contributed by atoms with van der Waals surface area (Å²) in [6.45, 7) is 5.09. The number of methoxy groups -OCH3 is 2. The number of benzene rings is 2. The molecule has 0 unspecified atom stereocenters. The third-order valence-corrected chi connectivity index (χ3v) is 5.90. The molecule has 1 aliphatic rings. The minimum Gasteiger partial charge on any atom is -0.493 e. The highest BCUT2D eigenvalue weighted by atomic mass is 16.6. The number of anilines is 2. The maximum absolute atomic E-state index is 13.0. The van der Waals surface area contributed by atoms with Gasteiger partial charge in [0.2, 0.25) is 0 Å². The van der Waals surface area contributed by atoms with Crippen LogP contribution in [0.15, 0.2) is 42.7 Å². The number of ether oxygens (including phenoxy) is 2. The van der Waals surface area contributed by atoms with Crippen molar-refractivity contribution in [3.05, 3.63) is 52.8 Å². The number of fused-ring (bicyclic) bond motifs is 1. The fourth-order valence-electron chi connectivity index (χ4n) is 4.37. The largest absolute Gasteiger partial charge is 0.493 e. The Morgan fingerprint density at radius 2 is 1.68 bits per heavy atom. The Labute approximate surface area is 196 Å². The van der Waals surface area contributed by atoms with Gasteiger partial charge in [-0.15, -0.1) is 0 Å². The molecule has 4 rings (SSSR count). The quantitative estimate of drug-likeness (QED) is 0.446. The number of urea groups is 1. The number of nitro groups is 1. The van der Waals surface area contributed by atoms with Crippen LogP contribution in [0.3, 0.4) is 0 Å². The zero-order chi connectivity index (χ0) is 24.4. The third kappa shape index (κ3) is 4.36. The first kappa shape index (κ1) is 23.0. The topological polar surface area (TPSA) is 123 Å². The Bertz CT molecular complexity index is 1210. The van der Waals surface area contributed by atoms with Gasteiger partial charge < -0.3 is 24.6 Å². The molecule has 2 aromatic carbocycles. The lowest BCUT2D eigenvalue weighted by atomic mass is 10.1. The van der Waals surface area contributed by atoms with E-state index in [1.54, 1.807) is 19.1 Å². The van der Waals surface area contributed by atoms with Crippen LogP contribution in [-0.4, -0.2) is 65.2 Å². The molecular weight excluding hydrogens is 440 g/mol. The van der Waals surface area contributed by atoms with Crippen molar-refractivity contribution in [1.82, 2.24) is 14.9 Å². The van der Waals surface area contributed by atoms with Crippen LogP contribution in [0.25, 0.3) is 10.9 Å². The third-order valence-electron chi connectivity index (χ3n) is 5.90. The average molecular weight is 466 g/mol. The molecule has 0 radical (unpaired) electrons. The van der Waals surface area contributed by atoms with Crippen LogP contribution in [0.2, 0.25) is 0 Å². The van der Waals surface area contributed by atoms with Crippen LogP contribution in [-0.2, 0) is 0 Å². The Morgan fingerprint density at radius 3 is 2.26 bits per heavy atom. The highest BCUT2D eigenvalue weighted by molar-refractivity contribution is 5.93. The van der Waals surface area contributed by atoms with E-state index in [1.165, 1.54) is 30.6 Å². The molecule has 1 fully saturated rings. The van der Waals surface area contributed by atoms with Gasteiger partial charge in [0, 0.05) is 54.4 Å². The summed E-state index contributed by atoms with van der Waals surface area (Å²) >= 11 is 0. The maximum Gasteiger partial charge on any atom is 0.322 e. The van der Waals surface area contributed by atoms with Crippen molar-refractivity contribution in [2.45, 2.75) is 25.9 Å². The molecule has 0 aliphatic carbocycles. The predicted octanol–water partition coefficient (Wildman–Crippen LogP) is 3.69. The summed E-state index contributed by atoms with van der Waals surface area (Å²) in [5.41, 5.74) is 1.21. The van der Waals surface area contributed by atoms with Gasteiger partial charge in [0.05, 0.1) is 24.7 Å². The normalized spacial score (nSPS) is 18.0. The molecular formula is C23H26N6O5. The van der Waals surface area contributed by atoms with Crippen molar-refractivity contribution < 1.29 is 19.2 Å². The zero-order valence-electron chi connectivity index (χ0n) is 19.4. The fourth-order valence-corrected chi connectivity index (χ4v) is 4.37. The first-order valence-electron chi connectivity index (χ1n) is 10.8. The first-order valence-corrected chi connectivity index (χ1v) is 10.8. The molecule has 2 atom stereocenters. The van der Waals surface area contributed by atoms with Crippen LogP contribution < -0.4 is 19.7 Å². The molecule has 11 heteroatoms. The number of carbonyl (C=O) groups excluding carboxylic acids is 1. The first-order chi connectivity index (χ1) is 16.3. The van der Waals surface area contributed by atoms with E-state index < -0.39 is 4.92 Å². The molecule has 34 heavy (non-hydrogen) atoms. The molecule has 11 nitrogen and oxygen atoms in total. The van der Waals surface area contributed by atoms with Crippen LogP contribution in [0.4, 0.5) is 22.0 Å². The van der Waals surface area contributed by atoms with Crippen LogP contribution in [0, 0.1) is 10.1 Å². The highest BCUT2D eigenvalue weighted by Gasteiger charge is 2.34. The van der Waals surface area contributed by atoms with Gasteiger partial charge in [-0.2, -0.15) is 0 Å². The SMILES string of the molecule is COc1cc2ncnc(N3C[C@@H](C)N(C(=O)Nc4ccc([N+](=O)[O-])cc4)[C@@H](C)C3)c2cc1OC. The molecule has 178 valence electrons. The van der Waals surface area contributed by atoms with Gasteiger partial charge in [-0.25, -0.2) is 14.8 Å². The smallest absolute Gasteiger partial charge is 0.322 e. The predicted molar refractivity (Wildman–Crippen MR) is 128 cm³/mol. The number of carbonyl (C=O) groups is 1. The Hall–Kier alpha value is -4.15. The molecule has 2 heterocycles. The number of hydrogen-bond donors (Lipinski definition) is 1. The summed E-state index contributed by atoms with van der Waals surface area (Å²) in [5, 5.41) is 14.5. The van der Waals surface area contributed by atoms with Gasteiger partial charge in [0.1, 0.15) is 12.1 Å². The molecule has 0 saturated carbocycles. The summed E-state index contributed by atoms with van der Waals surface area (Å²) in [5.74, 6) is 1.95. The monoisotopic (exact) mass is 466 g/mol. The molecule has 1 aliphatic heterocycles. The van der Waals surface area contributed by atoms with E-state index in [1.807, 2.05) is 26.0 Å². The van der Waals surface area contributed by atoms with Crippen molar-refractivity contribution in [3.63, 3.8) is 0 Å². The van der Waals surface area contributed by atoms with E-state index in [0.29, 0.717) is 30.3 Å². The molecule has 2 amide bonds. The number of piperazine rings is 1. The second-order valence-corrected chi connectivity index (χ2v) is 8.17. The number of nitrogens with zero attached hydrogens (tertiary/aromatic N) is 5. The molecule has 1 N–H and O–H groups in total. The maximum atomic E-state index is 13.0. The molecule has 0 spiro atoms. The number of hydrogen-bond acceptors (Lipinski definition) is 8. The second kappa shape index (κ2) is 9.38. The summed E-state index contributed by atoms with van der Waals surface area (Å²) < 4.78 is 10.8. The minimum atomic E-state index is -0.475. The van der Waals surface area contributed by atoms with Crippen LogP contribution >= 0.6 is 0 Å². The number of aromatic nitrogens is 2. The zero-order valence-corrected chi connectivity index (χ0v) is 19.4. The molecule has 0 bridgehead atoms. The molecule has 1 saturated heterocycles. The van der Waals surface area contributed by atoms with Gasteiger partial charge in [-0.3, -0.25) is 10.1 Å². The lowest BCUT2D eigenvalue weighted by Crippen LogP contribution is -2.60. The van der Waals surface area contributed by atoms with E-state index in [4.69, 9.17) is 9.47 Å². The Morgan fingerprint density at radius 1 is 1.06 bits per heavy atom. The fraction of sp³-hybridized carbons (Fsp3) is 0.348. The van der Waals surface area contributed by atoms with Crippen molar-refractivity contribution in [3.8, 4) is 11.5 Å². The van der Waals surface area contributed by atoms with E-state index in [0.717, 1.165) is 16.7 Å². The summed E-state index contributed by atoms with van der Waals surface area (Å²) in [4.78, 5) is 36.2. The average Bonchev–Trinajstić information content (AvgIpc) is 2.82. The van der Waals surface area contributed by atoms with E-state index in [9.17, 15) is 14.9 Å². The van der Waals surface area contributed by atoms with Crippen molar-refractivity contribution >= 4 is 34.1 Å². The van der Waals surface area contributed by atoms with Crippen molar-refractivity contribution in [2.24, 2.45) is 0 Å². The molecule has 3 aromatic rings. The van der Waals surface area contributed by atoms with Gasteiger partial charge in [0.25, 0.3) is 5.69 Å². The van der Waals surface area contributed by atoms with Gasteiger partial charge in [-0.1, -0.05) is 0 Å². The van der Waals surface area contributed by atoms with Crippen molar-refractivity contribution in [2.75, 3.05) is 37.5 Å². The van der Waals surface area contributed by atoms with Gasteiger partial charge >= 0.3 is 6.03 Å². The van der Waals surface area contributed by atoms with E-state index in [2.05, 4.69) is 20.2 Å². The minimum absolute atomic E-state index is 0.0281. The van der Waals surface area contributed by atoms with E-state index in [-0.39, 0.29) is 23.8 Å². The number of amides is 2. The standard InChI is InChI=1S/C23H26N6O5/c1-14-11-27(22-18-9-20(33-3)21(34-4)10-19(18)24-13-25-22)12-15(2)28(14)23(30)26-16-5-7-17(8-6-16)29(31)32/h5-10,13-15H,11-12H2,1-4H3,(H,26,30)/t14-,15+. The van der Waals surface area contributed by atoms with Crippen LogP contribution in [0.1, 0.15) is 13.8 Å². The van der Waals surface area contributed by atoms with Gasteiger partial charge in [-0.05, 0) is 32.0 Å². The number of nitro benzene ring substituents is 1. The van der Waals surface area contributed by atoms with Gasteiger partial charge in [0.15, 0.2) is 11.5 Å².